The van der Waals surface area contributed by atoms with Gasteiger partial charge in [0.25, 0.3) is 0 Å². The first-order chi connectivity index (χ1) is 11.8. The Kier molecular flexibility index (Phi) is 6.68. The maximum Gasteiger partial charge on any atom is 0.184 e. The Bertz CT molecular complexity index is 627. The molecular formula is C16H24N6S2. The zero-order valence-electron chi connectivity index (χ0n) is 13.8. The Hall–Kier alpha value is -1.38. The van der Waals surface area contributed by atoms with Crippen molar-refractivity contribution in [3.8, 4) is 0 Å². The van der Waals surface area contributed by atoms with E-state index in [1.54, 1.807) is 0 Å². The molecule has 6 nitrogen and oxygen atoms in total. The number of thioether (sulfide) groups is 1. The second-order valence-corrected chi connectivity index (χ2v) is 7.57. The summed E-state index contributed by atoms with van der Waals surface area (Å²) in [6.45, 7) is 4.23. The van der Waals surface area contributed by atoms with Gasteiger partial charge in [0.1, 0.15) is 0 Å². The van der Waals surface area contributed by atoms with E-state index in [0.717, 1.165) is 42.0 Å². The van der Waals surface area contributed by atoms with Gasteiger partial charge in [0.2, 0.25) is 0 Å². The summed E-state index contributed by atoms with van der Waals surface area (Å²) < 4.78 is 8.05. The molecule has 1 fully saturated rings. The van der Waals surface area contributed by atoms with Gasteiger partial charge in [-0.25, -0.2) is 0 Å². The molecule has 1 aliphatic rings. The van der Waals surface area contributed by atoms with E-state index in [0.29, 0.717) is 11.6 Å². The van der Waals surface area contributed by atoms with E-state index in [1.807, 2.05) is 11.8 Å². The van der Waals surface area contributed by atoms with Gasteiger partial charge in [-0.05, 0) is 38.1 Å². The predicted octanol–water partition coefficient (Wildman–Crippen LogP) is 2.85. The Morgan fingerprint density at radius 2 is 2.00 bits per heavy atom. The summed E-state index contributed by atoms with van der Waals surface area (Å²) in [6.07, 6.45) is 4.01. The third-order valence-corrected chi connectivity index (χ3v) is 5.54. The van der Waals surface area contributed by atoms with Crippen molar-refractivity contribution in [2.75, 3.05) is 36.4 Å². The third-order valence-electron chi connectivity index (χ3n) is 4.00. The molecule has 0 bridgehead atoms. The number of nitrogen functional groups attached to an aromatic ring is 1. The molecule has 0 radical (unpaired) electrons. The van der Waals surface area contributed by atoms with E-state index in [1.165, 1.54) is 38.0 Å². The lowest BCUT2D eigenvalue weighted by Crippen LogP contribution is -2.29. The van der Waals surface area contributed by atoms with Crippen molar-refractivity contribution in [2.24, 2.45) is 0 Å². The van der Waals surface area contributed by atoms with Gasteiger partial charge in [0.15, 0.2) is 11.6 Å². The molecule has 0 spiro atoms. The molecule has 0 aromatic carbocycles. The number of likely N-dealkylation sites (tertiary alicyclic amines) is 1. The van der Waals surface area contributed by atoms with E-state index in [9.17, 15) is 0 Å². The Labute approximate surface area is 151 Å². The lowest BCUT2D eigenvalue weighted by atomic mass is 10.1. The van der Waals surface area contributed by atoms with Gasteiger partial charge in [0.05, 0.1) is 23.1 Å². The van der Waals surface area contributed by atoms with Gasteiger partial charge in [-0.15, -0.1) is 0 Å². The Morgan fingerprint density at radius 3 is 2.79 bits per heavy atom. The average molecular weight is 365 g/mol. The predicted molar refractivity (Wildman–Crippen MR) is 102 cm³/mol. The highest BCUT2D eigenvalue weighted by Gasteiger charge is 2.11. The molecular weight excluding hydrogens is 340 g/mol. The number of hydrogen-bond donors (Lipinski definition) is 2. The van der Waals surface area contributed by atoms with Gasteiger partial charge < -0.3 is 11.1 Å². The van der Waals surface area contributed by atoms with Crippen molar-refractivity contribution < 1.29 is 0 Å². The van der Waals surface area contributed by atoms with Crippen LogP contribution in [0.25, 0.3) is 0 Å². The Balaban J connectivity index is 1.39. The summed E-state index contributed by atoms with van der Waals surface area (Å²) in [5.41, 5.74) is 8.04. The van der Waals surface area contributed by atoms with E-state index >= 15 is 0 Å². The summed E-state index contributed by atoms with van der Waals surface area (Å²) in [7, 11) is 0. The van der Waals surface area contributed by atoms with Crippen LogP contribution in [-0.4, -0.2) is 44.0 Å². The van der Waals surface area contributed by atoms with Gasteiger partial charge >= 0.3 is 0 Å². The molecule has 1 saturated heterocycles. The molecule has 1 aliphatic heterocycles. The SMILES string of the molecule is Nc1nsnc1NCCSCc1cccc(CN2CCCCC2)n1. The van der Waals surface area contributed by atoms with Crippen LogP contribution in [0.15, 0.2) is 18.2 Å². The zero-order valence-corrected chi connectivity index (χ0v) is 15.4. The fourth-order valence-corrected chi connectivity index (χ4v) is 4.00. The summed E-state index contributed by atoms with van der Waals surface area (Å²) in [6, 6.07) is 6.38. The minimum Gasteiger partial charge on any atom is -0.380 e. The van der Waals surface area contributed by atoms with Gasteiger partial charge in [-0.2, -0.15) is 20.5 Å². The molecule has 0 atom stereocenters. The Morgan fingerprint density at radius 1 is 1.17 bits per heavy atom. The molecule has 24 heavy (non-hydrogen) atoms. The number of rotatable bonds is 8. The van der Waals surface area contributed by atoms with Crippen LogP contribution in [0.3, 0.4) is 0 Å². The molecule has 0 aliphatic carbocycles. The molecule has 0 unspecified atom stereocenters. The van der Waals surface area contributed by atoms with E-state index in [2.05, 4.69) is 37.2 Å². The van der Waals surface area contributed by atoms with Crippen molar-refractivity contribution in [1.82, 2.24) is 18.6 Å². The number of nitrogens with one attached hydrogen (secondary N) is 1. The minimum absolute atomic E-state index is 0.483. The highest BCUT2D eigenvalue weighted by Crippen LogP contribution is 2.16. The maximum atomic E-state index is 5.69. The van der Waals surface area contributed by atoms with Crippen LogP contribution in [0.1, 0.15) is 30.7 Å². The normalized spacial score (nSPS) is 15.5. The molecule has 3 heterocycles. The lowest BCUT2D eigenvalue weighted by molar-refractivity contribution is 0.218. The standard InChI is InChI=1S/C16H24N6S2/c17-15-16(21-24-20-15)18-7-10-23-12-14-6-4-5-13(19-14)11-22-8-2-1-3-9-22/h4-6H,1-3,7-12H2,(H2,17,20)(H,18,21). The van der Waals surface area contributed by atoms with Gasteiger partial charge in [0, 0.05) is 24.6 Å². The molecule has 2 aromatic rings. The number of pyridine rings is 1. The molecule has 3 N–H and O–H groups in total. The molecule has 130 valence electrons. The largest absolute Gasteiger partial charge is 0.380 e. The van der Waals surface area contributed by atoms with Gasteiger partial charge in [-0.1, -0.05) is 12.5 Å². The number of piperidine rings is 1. The first-order valence-corrected chi connectivity index (χ1v) is 10.3. The first kappa shape index (κ1) is 17.4. The smallest absolute Gasteiger partial charge is 0.184 e. The minimum atomic E-state index is 0.483. The first-order valence-electron chi connectivity index (χ1n) is 8.38. The van der Waals surface area contributed by atoms with E-state index in [4.69, 9.17) is 10.7 Å². The molecule has 0 saturated carbocycles. The lowest BCUT2D eigenvalue weighted by Gasteiger charge is -2.26. The molecule has 0 amide bonds. The van der Waals surface area contributed by atoms with Crippen LogP contribution in [0.2, 0.25) is 0 Å². The van der Waals surface area contributed by atoms with E-state index < -0.39 is 0 Å². The summed E-state index contributed by atoms with van der Waals surface area (Å²) in [5.74, 6) is 3.09. The van der Waals surface area contributed by atoms with Crippen LogP contribution in [0.5, 0.6) is 0 Å². The van der Waals surface area contributed by atoms with Crippen LogP contribution < -0.4 is 11.1 Å². The summed E-state index contributed by atoms with van der Waals surface area (Å²) >= 11 is 3.00. The van der Waals surface area contributed by atoms with Crippen molar-refractivity contribution in [3.63, 3.8) is 0 Å². The van der Waals surface area contributed by atoms with E-state index in [-0.39, 0.29) is 0 Å². The highest BCUT2D eigenvalue weighted by molar-refractivity contribution is 7.98. The fraction of sp³-hybridized carbons (Fsp3) is 0.562. The third kappa shape index (κ3) is 5.32. The zero-order chi connectivity index (χ0) is 16.6. The second kappa shape index (κ2) is 9.19. The van der Waals surface area contributed by atoms with Crippen LogP contribution in [0.4, 0.5) is 11.6 Å². The van der Waals surface area contributed by atoms with Crippen LogP contribution >= 0.6 is 23.5 Å². The van der Waals surface area contributed by atoms with Crippen LogP contribution in [-0.2, 0) is 12.3 Å². The number of anilines is 2. The average Bonchev–Trinajstić information content (AvgIpc) is 3.01. The van der Waals surface area contributed by atoms with Crippen molar-refractivity contribution in [3.05, 3.63) is 29.6 Å². The molecule has 8 heteroatoms. The van der Waals surface area contributed by atoms with Crippen LogP contribution in [0, 0.1) is 0 Å². The monoisotopic (exact) mass is 364 g/mol. The second-order valence-electron chi connectivity index (χ2n) is 5.93. The molecule has 2 aromatic heterocycles. The quantitative estimate of drug-likeness (QED) is 0.697. The number of nitrogens with zero attached hydrogens (tertiary/aromatic N) is 4. The maximum absolute atomic E-state index is 5.69. The van der Waals surface area contributed by atoms with Gasteiger partial charge in [-0.3, -0.25) is 9.88 Å². The fourth-order valence-electron chi connectivity index (χ4n) is 2.78. The number of hydrogen-bond acceptors (Lipinski definition) is 8. The topological polar surface area (TPSA) is 80.0 Å². The van der Waals surface area contributed by atoms with Crippen molar-refractivity contribution in [2.45, 2.75) is 31.6 Å². The number of nitrogens with two attached hydrogens (primary N) is 1. The highest BCUT2D eigenvalue weighted by atomic mass is 32.2. The summed E-state index contributed by atoms with van der Waals surface area (Å²) in [5, 5.41) is 3.21. The summed E-state index contributed by atoms with van der Waals surface area (Å²) in [4.78, 5) is 7.32. The van der Waals surface area contributed by atoms with Crippen molar-refractivity contribution >= 4 is 35.1 Å². The number of aromatic nitrogens is 3. The van der Waals surface area contributed by atoms with Crippen molar-refractivity contribution in [1.29, 1.82) is 0 Å². The molecule has 3 rings (SSSR count).